The molecule has 6 N–H and O–H groups in total. The number of hydrogen-bond donors (Lipinski definition) is 5. The van der Waals surface area contributed by atoms with E-state index >= 15 is 0 Å². The minimum Gasteiger partial charge on any atom is -0.481 e. The van der Waals surface area contributed by atoms with Crippen molar-refractivity contribution >= 4 is 56.6 Å². The van der Waals surface area contributed by atoms with Gasteiger partial charge < -0.3 is 26.9 Å². The van der Waals surface area contributed by atoms with E-state index in [-0.39, 0.29) is 5.92 Å². The summed E-state index contributed by atoms with van der Waals surface area (Å²) in [7, 11) is 0. The topological polar surface area (TPSA) is 137 Å². The van der Waals surface area contributed by atoms with Crippen molar-refractivity contribution in [2.45, 2.75) is 32.6 Å². The Hall–Kier alpha value is -3.20. The molecule has 3 aromatic rings. The predicted octanol–water partition coefficient (Wildman–Crippen LogP) is 4.03. The molecular weight excluding hydrogens is 400 g/mol. The van der Waals surface area contributed by atoms with Gasteiger partial charge in [-0.15, -0.1) is 11.3 Å². The fourth-order valence-electron chi connectivity index (χ4n) is 3.94. The van der Waals surface area contributed by atoms with Gasteiger partial charge in [0.2, 0.25) is 0 Å². The molecule has 0 fully saturated rings. The first kappa shape index (κ1) is 20.1. The van der Waals surface area contributed by atoms with Crippen LogP contribution in [0.3, 0.4) is 0 Å². The zero-order chi connectivity index (χ0) is 21.3. The van der Waals surface area contributed by atoms with Crippen molar-refractivity contribution in [3.63, 3.8) is 0 Å². The third-order valence-corrected chi connectivity index (χ3v) is 6.68. The molecule has 0 bridgehead atoms. The average Bonchev–Trinajstić information content (AvgIpc) is 2.95. The highest BCUT2D eigenvalue weighted by molar-refractivity contribution is 7.19. The van der Waals surface area contributed by atoms with Crippen molar-refractivity contribution in [1.29, 1.82) is 5.41 Å². The molecule has 8 nitrogen and oxygen atoms in total. The van der Waals surface area contributed by atoms with Crippen LogP contribution in [0.1, 0.15) is 35.8 Å². The Labute approximate surface area is 178 Å². The monoisotopic (exact) mass is 424 g/mol. The zero-order valence-corrected chi connectivity index (χ0v) is 17.5. The second-order valence-electron chi connectivity index (χ2n) is 7.35. The summed E-state index contributed by atoms with van der Waals surface area (Å²) in [6.07, 6.45) is 5.48. The van der Waals surface area contributed by atoms with Crippen LogP contribution in [-0.4, -0.2) is 33.8 Å². The molecule has 9 heteroatoms. The highest BCUT2D eigenvalue weighted by atomic mass is 32.1. The highest BCUT2D eigenvalue weighted by Gasteiger charge is 2.26. The number of anilines is 4. The Kier molecular flexibility index (Phi) is 5.54. The Morgan fingerprint density at radius 2 is 2.13 bits per heavy atom. The number of aryl methyl sites for hydroxylation is 2. The molecule has 2 heterocycles. The first-order valence-electron chi connectivity index (χ1n) is 9.94. The summed E-state index contributed by atoms with van der Waals surface area (Å²) >= 11 is 1.62. The van der Waals surface area contributed by atoms with Crippen LogP contribution < -0.4 is 16.4 Å². The third kappa shape index (κ3) is 3.68. The van der Waals surface area contributed by atoms with Gasteiger partial charge in [0, 0.05) is 28.9 Å². The number of hydrogen-bond acceptors (Lipinski definition) is 8. The molecule has 4 rings (SSSR count). The number of nitrogen functional groups attached to an aromatic ring is 1. The van der Waals surface area contributed by atoms with Gasteiger partial charge in [0.15, 0.2) is 0 Å². The van der Waals surface area contributed by atoms with Crippen LogP contribution in [0.5, 0.6) is 0 Å². The molecule has 0 saturated heterocycles. The lowest BCUT2D eigenvalue weighted by Gasteiger charge is -2.16. The maximum atomic E-state index is 11.5. The van der Waals surface area contributed by atoms with Crippen LogP contribution in [0.15, 0.2) is 18.5 Å². The van der Waals surface area contributed by atoms with E-state index in [0.29, 0.717) is 36.3 Å². The molecule has 2 aromatic heterocycles. The number of rotatable bonds is 6. The SMILES string of the molecule is CCNc1cc(N)c(C=N)cc1Nc1ncnc2sc3c(c12)CCC(C(=O)O)CC3. The van der Waals surface area contributed by atoms with Crippen LogP contribution in [0, 0.1) is 11.3 Å². The zero-order valence-electron chi connectivity index (χ0n) is 16.7. The van der Waals surface area contributed by atoms with E-state index in [4.69, 9.17) is 11.1 Å². The largest absolute Gasteiger partial charge is 0.481 e. The van der Waals surface area contributed by atoms with Crippen LogP contribution in [0.2, 0.25) is 0 Å². The molecule has 30 heavy (non-hydrogen) atoms. The van der Waals surface area contributed by atoms with Crippen molar-refractivity contribution in [2.24, 2.45) is 5.92 Å². The van der Waals surface area contributed by atoms with Gasteiger partial charge >= 0.3 is 5.97 Å². The second kappa shape index (κ2) is 8.27. The highest BCUT2D eigenvalue weighted by Crippen LogP contribution is 2.40. The summed E-state index contributed by atoms with van der Waals surface area (Å²) in [6, 6.07) is 3.65. The van der Waals surface area contributed by atoms with E-state index in [2.05, 4.69) is 20.6 Å². The number of aromatic nitrogens is 2. The summed E-state index contributed by atoms with van der Waals surface area (Å²) in [4.78, 5) is 22.5. The lowest BCUT2D eigenvalue weighted by atomic mass is 10.00. The second-order valence-corrected chi connectivity index (χ2v) is 8.43. The van der Waals surface area contributed by atoms with Crippen molar-refractivity contribution in [3.05, 3.63) is 34.5 Å². The number of thiophene rings is 1. The van der Waals surface area contributed by atoms with Crippen molar-refractivity contribution in [1.82, 2.24) is 9.97 Å². The molecule has 1 atom stereocenters. The summed E-state index contributed by atoms with van der Waals surface area (Å²) in [5.74, 6) is -0.347. The number of nitrogens with zero attached hydrogens (tertiary/aromatic N) is 2. The lowest BCUT2D eigenvalue weighted by molar-refractivity contribution is -0.142. The van der Waals surface area contributed by atoms with Gasteiger partial charge in [-0.1, -0.05) is 0 Å². The van der Waals surface area contributed by atoms with E-state index in [1.54, 1.807) is 17.7 Å². The Morgan fingerprint density at radius 3 is 2.87 bits per heavy atom. The molecule has 1 aliphatic carbocycles. The van der Waals surface area contributed by atoms with Gasteiger partial charge in [0.25, 0.3) is 0 Å². The van der Waals surface area contributed by atoms with Crippen molar-refractivity contribution < 1.29 is 9.90 Å². The van der Waals surface area contributed by atoms with Gasteiger partial charge in [0.1, 0.15) is 17.0 Å². The number of carbonyl (C=O) groups is 1. The molecule has 1 aliphatic rings. The van der Waals surface area contributed by atoms with E-state index in [1.165, 1.54) is 11.1 Å². The Bertz CT molecular complexity index is 1130. The smallest absolute Gasteiger partial charge is 0.306 e. The summed E-state index contributed by atoms with van der Waals surface area (Å²) in [5, 5.41) is 24.7. The average molecular weight is 425 g/mol. The number of benzene rings is 1. The normalized spacial score (nSPS) is 16.0. The number of carboxylic acids is 1. The molecule has 1 unspecified atom stereocenters. The maximum absolute atomic E-state index is 11.5. The van der Waals surface area contributed by atoms with Gasteiger partial charge in [-0.25, -0.2) is 9.97 Å². The van der Waals surface area contributed by atoms with Crippen LogP contribution in [0.25, 0.3) is 10.2 Å². The summed E-state index contributed by atoms with van der Waals surface area (Å²) < 4.78 is 0. The predicted molar refractivity (Wildman–Crippen MR) is 121 cm³/mol. The summed E-state index contributed by atoms with van der Waals surface area (Å²) in [6.45, 7) is 2.73. The van der Waals surface area contributed by atoms with Crippen LogP contribution in [-0.2, 0) is 17.6 Å². The third-order valence-electron chi connectivity index (χ3n) is 5.48. The number of carboxylic acid groups (broad SMARTS) is 1. The van der Waals surface area contributed by atoms with E-state index < -0.39 is 5.97 Å². The van der Waals surface area contributed by atoms with Gasteiger partial charge in [-0.2, -0.15) is 0 Å². The van der Waals surface area contributed by atoms with Crippen molar-refractivity contribution in [2.75, 3.05) is 22.9 Å². The first-order valence-corrected chi connectivity index (χ1v) is 10.8. The number of aliphatic carboxylic acids is 1. The number of nitrogens with one attached hydrogen (secondary N) is 3. The fraction of sp³-hybridized carbons (Fsp3) is 0.333. The fourth-order valence-corrected chi connectivity index (χ4v) is 5.14. The van der Waals surface area contributed by atoms with E-state index in [0.717, 1.165) is 40.1 Å². The first-order chi connectivity index (χ1) is 14.5. The molecule has 0 spiro atoms. The molecule has 0 radical (unpaired) electrons. The lowest BCUT2D eigenvalue weighted by Crippen LogP contribution is -2.13. The summed E-state index contributed by atoms with van der Waals surface area (Å²) in [5.41, 5.74) is 9.97. The van der Waals surface area contributed by atoms with Crippen LogP contribution in [0.4, 0.5) is 22.9 Å². The molecule has 0 saturated carbocycles. The quantitative estimate of drug-likeness (QED) is 0.229. The molecular formula is C21H24N6O2S. The molecule has 0 amide bonds. The Balaban J connectivity index is 1.77. The Morgan fingerprint density at radius 1 is 1.33 bits per heavy atom. The minimum atomic E-state index is -0.722. The van der Waals surface area contributed by atoms with Gasteiger partial charge in [0.05, 0.1) is 22.7 Å². The maximum Gasteiger partial charge on any atom is 0.306 e. The van der Waals surface area contributed by atoms with Crippen LogP contribution >= 0.6 is 11.3 Å². The van der Waals surface area contributed by atoms with E-state index in [9.17, 15) is 9.90 Å². The van der Waals surface area contributed by atoms with Gasteiger partial charge in [-0.05, 0) is 50.3 Å². The number of fused-ring (bicyclic) bond motifs is 3. The number of nitrogens with two attached hydrogens (primary N) is 1. The molecule has 0 aliphatic heterocycles. The van der Waals surface area contributed by atoms with Crippen molar-refractivity contribution in [3.8, 4) is 0 Å². The minimum absolute atomic E-state index is 0.312. The molecule has 156 valence electrons. The standard InChI is InChI=1S/C21H24N6O2S/c1-2-24-15-8-14(23)12(9-22)7-16(15)27-19-18-13-5-3-11(21(28)29)4-6-17(13)30-20(18)26-10-25-19/h7-11,22,24H,2-6,23H2,1H3,(H,28,29)(H,25,26,27). The van der Waals surface area contributed by atoms with Gasteiger partial charge in [-0.3, -0.25) is 4.79 Å². The van der Waals surface area contributed by atoms with E-state index in [1.807, 2.05) is 19.1 Å². The molecule has 1 aromatic carbocycles.